The molecule has 0 amide bonds. The summed E-state index contributed by atoms with van der Waals surface area (Å²) < 4.78 is 17.5. The number of hydrogen-bond donors (Lipinski definition) is 0. The Morgan fingerprint density at radius 2 is 2.29 bits per heavy atom. The molecule has 4 heteroatoms. The molecule has 14 heavy (non-hydrogen) atoms. The monoisotopic (exact) mass is 256 g/mol. The first-order chi connectivity index (χ1) is 6.63. The second kappa shape index (κ2) is 4.77. The molecule has 0 spiro atoms. The molecule has 0 unspecified atom stereocenters. The van der Waals surface area contributed by atoms with Crippen LogP contribution in [0.2, 0.25) is 0 Å². The van der Waals surface area contributed by atoms with Crippen LogP contribution < -0.4 is 0 Å². The Hall–Kier alpha value is -1.34. The summed E-state index contributed by atoms with van der Waals surface area (Å²) in [5.41, 5.74) is 0.539. The van der Waals surface area contributed by atoms with Crippen LogP contribution in [0.4, 0.5) is 4.39 Å². The largest absolute Gasteiger partial charge is 0.459 e. The van der Waals surface area contributed by atoms with Gasteiger partial charge in [0.2, 0.25) is 0 Å². The highest BCUT2D eigenvalue weighted by atomic mass is 79.9. The van der Waals surface area contributed by atoms with Gasteiger partial charge in [0.15, 0.2) is 0 Å². The molecule has 0 aliphatic rings. The van der Waals surface area contributed by atoms with E-state index in [1.807, 2.05) is 0 Å². The molecule has 0 aliphatic heterocycles. The fourth-order valence-corrected chi connectivity index (χ4v) is 1.21. The zero-order chi connectivity index (χ0) is 10.6. The average molecular weight is 257 g/mol. The minimum Gasteiger partial charge on any atom is -0.459 e. The van der Waals surface area contributed by atoms with E-state index in [1.54, 1.807) is 0 Å². The lowest BCUT2D eigenvalue weighted by Crippen LogP contribution is -1.94. The summed E-state index contributed by atoms with van der Waals surface area (Å²) in [5, 5.41) is 0. The Morgan fingerprint density at radius 1 is 1.57 bits per heavy atom. The average Bonchev–Trinajstić information content (AvgIpc) is 2.16. The van der Waals surface area contributed by atoms with Gasteiger partial charge in [0.1, 0.15) is 5.82 Å². The molecule has 0 radical (unpaired) electrons. The standard InChI is InChI=1S/C10H6BrFO2/c1-14-10(13)5-3-7-2-4-8(12)6-9(7)11/h2,4,6H,1H3. The Labute approximate surface area is 89.2 Å². The van der Waals surface area contributed by atoms with Gasteiger partial charge >= 0.3 is 5.97 Å². The highest BCUT2D eigenvalue weighted by Crippen LogP contribution is 2.16. The Balaban J connectivity index is 2.96. The Kier molecular flexibility index (Phi) is 3.66. The van der Waals surface area contributed by atoms with Crippen molar-refractivity contribution in [3.8, 4) is 11.8 Å². The van der Waals surface area contributed by atoms with E-state index < -0.39 is 5.97 Å². The molecule has 0 aliphatic carbocycles. The maximum absolute atomic E-state index is 12.6. The summed E-state index contributed by atoms with van der Waals surface area (Å²) in [7, 11) is 1.25. The van der Waals surface area contributed by atoms with Crippen LogP contribution in [-0.2, 0) is 9.53 Å². The van der Waals surface area contributed by atoms with Gasteiger partial charge in [-0.3, -0.25) is 0 Å². The lowest BCUT2D eigenvalue weighted by atomic mass is 10.2. The molecule has 72 valence electrons. The van der Waals surface area contributed by atoms with E-state index in [0.717, 1.165) is 0 Å². The molecular weight excluding hydrogens is 251 g/mol. The van der Waals surface area contributed by atoms with Gasteiger partial charge in [0.25, 0.3) is 0 Å². The number of methoxy groups -OCH3 is 1. The van der Waals surface area contributed by atoms with Crippen LogP contribution in [0.25, 0.3) is 0 Å². The maximum atomic E-state index is 12.6. The summed E-state index contributed by atoms with van der Waals surface area (Å²) in [6.07, 6.45) is 0. The van der Waals surface area contributed by atoms with Crippen LogP contribution in [0.15, 0.2) is 22.7 Å². The van der Waals surface area contributed by atoms with Crippen molar-refractivity contribution < 1.29 is 13.9 Å². The molecule has 0 atom stereocenters. The molecule has 1 rings (SSSR count). The van der Waals surface area contributed by atoms with Gasteiger partial charge in [-0.25, -0.2) is 9.18 Å². The summed E-state index contributed by atoms with van der Waals surface area (Å²) in [4.78, 5) is 10.7. The molecule has 2 nitrogen and oxygen atoms in total. The molecule has 0 saturated carbocycles. The fraction of sp³-hybridized carbons (Fsp3) is 0.100. The number of carbonyl (C=O) groups excluding carboxylic acids is 1. The van der Waals surface area contributed by atoms with E-state index in [2.05, 4.69) is 32.5 Å². The minimum absolute atomic E-state index is 0.361. The van der Waals surface area contributed by atoms with Crippen molar-refractivity contribution in [1.82, 2.24) is 0 Å². The number of halogens is 2. The van der Waals surface area contributed by atoms with Crippen LogP contribution in [-0.4, -0.2) is 13.1 Å². The van der Waals surface area contributed by atoms with Gasteiger partial charge in [-0.05, 0) is 34.1 Å². The zero-order valence-corrected chi connectivity index (χ0v) is 8.89. The van der Waals surface area contributed by atoms with Crippen molar-refractivity contribution in [2.24, 2.45) is 0 Å². The van der Waals surface area contributed by atoms with Crippen LogP contribution in [0.1, 0.15) is 5.56 Å². The first-order valence-corrected chi connectivity index (χ1v) is 4.48. The van der Waals surface area contributed by atoms with E-state index in [4.69, 9.17) is 0 Å². The van der Waals surface area contributed by atoms with Crippen molar-refractivity contribution in [3.05, 3.63) is 34.1 Å². The smallest absolute Gasteiger partial charge is 0.384 e. The molecule has 1 aromatic carbocycles. The fourth-order valence-electron chi connectivity index (χ4n) is 0.760. The van der Waals surface area contributed by atoms with E-state index in [0.29, 0.717) is 10.0 Å². The van der Waals surface area contributed by atoms with Crippen molar-refractivity contribution in [2.45, 2.75) is 0 Å². The molecule has 1 aromatic rings. The number of ether oxygens (including phenoxy) is 1. The number of rotatable bonds is 0. The van der Waals surface area contributed by atoms with E-state index in [1.165, 1.54) is 25.3 Å². The van der Waals surface area contributed by atoms with Gasteiger partial charge in [0.05, 0.1) is 7.11 Å². The summed E-state index contributed by atoms with van der Waals surface area (Å²) in [6.45, 7) is 0. The molecule has 0 saturated heterocycles. The third kappa shape index (κ3) is 2.86. The van der Waals surface area contributed by atoms with Gasteiger partial charge < -0.3 is 4.74 Å². The lowest BCUT2D eigenvalue weighted by Gasteiger charge is -1.94. The molecular formula is C10H6BrFO2. The molecule has 0 bridgehead atoms. The van der Waals surface area contributed by atoms with E-state index >= 15 is 0 Å². The van der Waals surface area contributed by atoms with Crippen LogP contribution in [0, 0.1) is 17.7 Å². The Morgan fingerprint density at radius 3 is 2.86 bits per heavy atom. The highest BCUT2D eigenvalue weighted by molar-refractivity contribution is 9.10. The van der Waals surface area contributed by atoms with E-state index in [-0.39, 0.29) is 5.82 Å². The number of hydrogen-bond acceptors (Lipinski definition) is 2. The van der Waals surface area contributed by atoms with Crippen molar-refractivity contribution in [3.63, 3.8) is 0 Å². The topological polar surface area (TPSA) is 26.3 Å². The summed E-state index contributed by atoms with van der Waals surface area (Å²) in [6, 6.07) is 4.03. The summed E-state index contributed by atoms with van der Waals surface area (Å²) in [5.74, 6) is 3.81. The van der Waals surface area contributed by atoms with Crippen molar-refractivity contribution in [2.75, 3.05) is 7.11 Å². The third-order valence-corrected chi connectivity index (χ3v) is 2.07. The number of carbonyl (C=O) groups is 1. The summed E-state index contributed by atoms with van der Waals surface area (Å²) >= 11 is 3.12. The highest BCUT2D eigenvalue weighted by Gasteiger charge is 1.98. The van der Waals surface area contributed by atoms with E-state index in [9.17, 15) is 9.18 Å². The normalized spacial score (nSPS) is 8.79. The first-order valence-electron chi connectivity index (χ1n) is 3.68. The quantitative estimate of drug-likeness (QED) is 0.525. The zero-order valence-electron chi connectivity index (χ0n) is 7.30. The lowest BCUT2D eigenvalue weighted by molar-refractivity contribution is -0.133. The van der Waals surface area contributed by atoms with Crippen LogP contribution in [0.5, 0.6) is 0 Å². The Bertz CT molecular complexity index is 418. The van der Waals surface area contributed by atoms with Crippen LogP contribution >= 0.6 is 15.9 Å². The predicted octanol–water partition coefficient (Wildman–Crippen LogP) is 2.11. The molecule has 0 heterocycles. The third-order valence-electron chi connectivity index (χ3n) is 1.42. The van der Waals surface area contributed by atoms with Crippen LogP contribution in [0.3, 0.4) is 0 Å². The van der Waals surface area contributed by atoms with Crippen molar-refractivity contribution >= 4 is 21.9 Å². The van der Waals surface area contributed by atoms with Gasteiger partial charge in [-0.1, -0.05) is 5.92 Å². The second-order valence-corrected chi connectivity index (χ2v) is 3.22. The predicted molar refractivity (Wildman–Crippen MR) is 53.0 cm³/mol. The SMILES string of the molecule is COC(=O)C#Cc1ccc(F)cc1Br. The van der Waals surface area contributed by atoms with Gasteiger partial charge in [-0.2, -0.15) is 0 Å². The minimum atomic E-state index is -0.624. The van der Waals surface area contributed by atoms with Crippen molar-refractivity contribution in [1.29, 1.82) is 0 Å². The molecule has 0 aromatic heterocycles. The van der Waals surface area contributed by atoms with Gasteiger partial charge in [0, 0.05) is 16.0 Å². The maximum Gasteiger partial charge on any atom is 0.384 e. The van der Waals surface area contributed by atoms with Gasteiger partial charge in [-0.15, -0.1) is 0 Å². The number of benzene rings is 1. The molecule has 0 fully saturated rings. The number of esters is 1. The molecule has 0 N–H and O–H groups in total. The first kappa shape index (κ1) is 10.7. The second-order valence-electron chi connectivity index (χ2n) is 2.37.